The van der Waals surface area contributed by atoms with Gasteiger partial charge in [-0.25, -0.2) is 4.39 Å². The fourth-order valence-electron chi connectivity index (χ4n) is 2.35. The number of nitrogens with zero attached hydrogens (tertiary/aromatic N) is 1. The first-order chi connectivity index (χ1) is 12.6. The summed E-state index contributed by atoms with van der Waals surface area (Å²) in [5.41, 5.74) is 2.32. The SMILES string of the molecule is O=C(Cc1ccc(F)c(Br)c1)Nc1cccc(OCc2cccnc2)c1. The highest BCUT2D eigenvalue weighted by atomic mass is 79.9. The van der Waals surface area contributed by atoms with Gasteiger partial charge in [0.05, 0.1) is 10.9 Å². The lowest BCUT2D eigenvalue weighted by Crippen LogP contribution is -2.14. The Bertz CT molecular complexity index is 903. The number of halogens is 2. The number of carbonyl (C=O) groups excluding carboxylic acids is 1. The number of anilines is 1. The third kappa shape index (κ3) is 5.13. The fraction of sp³-hybridized carbons (Fsp3) is 0.100. The first-order valence-corrected chi connectivity index (χ1v) is 8.75. The lowest BCUT2D eigenvalue weighted by molar-refractivity contribution is -0.115. The molecule has 132 valence electrons. The van der Waals surface area contributed by atoms with Crippen molar-refractivity contribution in [2.24, 2.45) is 0 Å². The third-order valence-corrected chi connectivity index (χ3v) is 4.20. The molecule has 6 heteroatoms. The lowest BCUT2D eigenvalue weighted by Gasteiger charge is -2.09. The second kappa shape index (κ2) is 8.58. The van der Waals surface area contributed by atoms with Crippen LogP contribution < -0.4 is 10.1 Å². The van der Waals surface area contributed by atoms with Crippen molar-refractivity contribution in [1.82, 2.24) is 4.98 Å². The van der Waals surface area contributed by atoms with Crippen molar-refractivity contribution in [2.45, 2.75) is 13.0 Å². The van der Waals surface area contributed by atoms with Crippen molar-refractivity contribution in [3.05, 3.63) is 88.4 Å². The summed E-state index contributed by atoms with van der Waals surface area (Å²) in [4.78, 5) is 16.2. The maximum atomic E-state index is 13.3. The van der Waals surface area contributed by atoms with Gasteiger partial charge in [-0.3, -0.25) is 9.78 Å². The smallest absolute Gasteiger partial charge is 0.228 e. The molecule has 1 N–H and O–H groups in total. The Morgan fingerprint density at radius 2 is 2.00 bits per heavy atom. The fourth-order valence-corrected chi connectivity index (χ4v) is 2.78. The minimum atomic E-state index is -0.354. The van der Waals surface area contributed by atoms with Crippen LogP contribution in [-0.4, -0.2) is 10.9 Å². The van der Waals surface area contributed by atoms with Crippen LogP contribution >= 0.6 is 15.9 Å². The predicted molar refractivity (Wildman–Crippen MR) is 101 cm³/mol. The molecule has 0 fully saturated rings. The number of nitrogens with one attached hydrogen (secondary N) is 1. The van der Waals surface area contributed by atoms with Gasteiger partial charge in [0.25, 0.3) is 0 Å². The summed E-state index contributed by atoms with van der Waals surface area (Å²) in [7, 11) is 0. The number of rotatable bonds is 6. The van der Waals surface area contributed by atoms with E-state index >= 15 is 0 Å². The number of hydrogen-bond donors (Lipinski definition) is 1. The van der Waals surface area contributed by atoms with Gasteiger partial charge in [0.15, 0.2) is 0 Å². The summed E-state index contributed by atoms with van der Waals surface area (Å²) >= 11 is 3.12. The van der Waals surface area contributed by atoms with Gasteiger partial charge in [0, 0.05) is 29.7 Å². The molecular weight excluding hydrogens is 399 g/mol. The zero-order chi connectivity index (χ0) is 18.4. The van der Waals surface area contributed by atoms with Crippen molar-refractivity contribution >= 4 is 27.5 Å². The Labute approximate surface area is 159 Å². The molecule has 2 aromatic carbocycles. The largest absolute Gasteiger partial charge is 0.489 e. The molecule has 0 atom stereocenters. The van der Waals surface area contributed by atoms with E-state index in [9.17, 15) is 9.18 Å². The van der Waals surface area contributed by atoms with Gasteiger partial charge in [-0.2, -0.15) is 0 Å². The van der Waals surface area contributed by atoms with Gasteiger partial charge in [-0.05, 0) is 51.8 Å². The van der Waals surface area contributed by atoms with Crippen LogP contribution in [0.3, 0.4) is 0 Å². The Balaban J connectivity index is 1.59. The standard InChI is InChI=1S/C20H16BrFN2O2/c21-18-9-14(6-7-19(18)22)10-20(25)24-16-4-1-5-17(11-16)26-13-15-3-2-8-23-12-15/h1-9,11-12H,10,13H2,(H,24,25). The van der Waals surface area contributed by atoms with Crippen LogP contribution in [0.2, 0.25) is 0 Å². The van der Waals surface area contributed by atoms with E-state index in [2.05, 4.69) is 26.2 Å². The number of pyridine rings is 1. The highest BCUT2D eigenvalue weighted by Crippen LogP contribution is 2.20. The highest BCUT2D eigenvalue weighted by molar-refractivity contribution is 9.10. The zero-order valence-corrected chi connectivity index (χ0v) is 15.4. The lowest BCUT2D eigenvalue weighted by atomic mass is 10.1. The Kier molecular flexibility index (Phi) is 5.96. The van der Waals surface area contributed by atoms with Crippen LogP contribution in [0.15, 0.2) is 71.5 Å². The number of ether oxygens (including phenoxy) is 1. The van der Waals surface area contributed by atoms with Gasteiger partial charge in [0.2, 0.25) is 5.91 Å². The minimum Gasteiger partial charge on any atom is -0.489 e. The number of aromatic nitrogens is 1. The number of amides is 1. The second-order valence-corrected chi connectivity index (χ2v) is 6.51. The van der Waals surface area contributed by atoms with Crippen molar-refractivity contribution in [3.8, 4) is 5.75 Å². The summed E-state index contributed by atoms with van der Waals surface area (Å²) in [6.07, 6.45) is 3.60. The molecule has 26 heavy (non-hydrogen) atoms. The molecule has 1 heterocycles. The summed E-state index contributed by atoms with van der Waals surface area (Å²) in [5, 5.41) is 2.82. The average molecular weight is 415 g/mol. The van der Waals surface area contributed by atoms with Crippen molar-refractivity contribution in [3.63, 3.8) is 0 Å². The molecule has 0 aliphatic heterocycles. The van der Waals surface area contributed by atoms with E-state index in [1.807, 2.05) is 24.3 Å². The summed E-state index contributed by atoms with van der Waals surface area (Å²) in [6, 6.07) is 15.5. The van der Waals surface area contributed by atoms with Crippen LogP contribution in [0, 0.1) is 5.82 Å². The molecule has 0 radical (unpaired) electrons. The molecule has 0 saturated heterocycles. The number of hydrogen-bond acceptors (Lipinski definition) is 3. The maximum Gasteiger partial charge on any atom is 0.228 e. The molecular formula is C20H16BrFN2O2. The molecule has 0 saturated carbocycles. The quantitative estimate of drug-likeness (QED) is 0.633. The first kappa shape index (κ1) is 18.1. The Morgan fingerprint density at radius 1 is 1.12 bits per heavy atom. The molecule has 3 rings (SSSR count). The first-order valence-electron chi connectivity index (χ1n) is 7.96. The van der Waals surface area contributed by atoms with E-state index in [1.165, 1.54) is 6.07 Å². The van der Waals surface area contributed by atoms with E-state index in [1.54, 1.807) is 36.7 Å². The Morgan fingerprint density at radius 3 is 2.77 bits per heavy atom. The van der Waals surface area contributed by atoms with E-state index in [0.29, 0.717) is 22.5 Å². The molecule has 1 amide bonds. The van der Waals surface area contributed by atoms with Crippen LogP contribution in [-0.2, 0) is 17.8 Å². The van der Waals surface area contributed by atoms with E-state index < -0.39 is 0 Å². The zero-order valence-electron chi connectivity index (χ0n) is 13.8. The van der Waals surface area contributed by atoms with Crippen LogP contribution in [0.4, 0.5) is 10.1 Å². The molecule has 4 nitrogen and oxygen atoms in total. The monoisotopic (exact) mass is 414 g/mol. The normalized spacial score (nSPS) is 10.4. The molecule has 0 bridgehead atoms. The van der Waals surface area contributed by atoms with E-state index in [0.717, 1.165) is 11.1 Å². The van der Waals surface area contributed by atoms with Gasteiger partial charge in [-0.1, -0.05) is 18.2 Å². The summed E-state index contributed by atoms with van der Waals surface area (Å²) in [6.45, 7) is 0.398. The summed E-state index contributed by atoms with van der Waals surface area (Å²) < 4.78 is 19.3. The average Bonchev–Trinajstić information content (AvgIpc) is 2.64. The van der Waals surface area contributed by atoms with Crippen LogP contribution in [0.25, 0.3) is 0 Å². The van der Waals surface area contributed by atoms with Gasteiger partial charge in [-0.15, -0.1) is 0 Å². The third-order valence-electron chi connectivity index (χ3n) is 3.59. The molecule has 3 aromatic rings. The number of carbonyl (C=O) groups is 1. The van der Waals surface area contributed by atoms with Crippen molar-refractivity contribution in [2.75, 3.05) is 5.32 Å². The van der Waals surface area contributed by atoms with Crippen molar-refractivity contribution < 1.29 is 13.9 Å². The van der Waals surface area contributed by atoms with Crippen molar-refractivity contribution in [1.29, 1.82) is 0 Å². The molecule has 0 aliphatic carbocycles. The second-order valence-electron chi connectivity index (χ2n) is 5.65. The van der Waals surface area contributed by atoms with E-state index in [4.69, 9.17) is 4.74 Å². The van der Waals surface area contributed by atoms with Gasteiger partial charge in [0.1, 0.15) is 18.2 Å². The maximum absolute atomic E-state index is 13.3. The predicted octanol–water partition coefficient (Wildman–Crippen LogP) is 4.74. The van der Waals surface area contributed by atoms with Crippen LogP contribution in [0.5, 0.6) is 5.75 Å². The summed E-state index contributed by atoms with van der Waals surface area (Å²) in [5.74, 6) is 0.108. The van der Waals surface area contributed by atoms with Gasteiger partial charge >= 0.3 is 0 Å². The Hall–Kier alpha value is -2.73. The molecule has 0 unspecified atom stereocenters. The molecule has 0 aliphatic rings. The topological polar surface area (TPSA) is 51.2 Å². The van der Waals surface area contributed by atoms with Gasteiger partial charge < -0.3 is 10.1 Å². The minimum absolute atomic E-state index is 0.152. The van der Waals surface area contributed by atoms with E-state index in [-0.39, 0.29) is 18.1 Å². The highest BCUT2D eigenvalue weighted by Gasteiger charge is 2.07. The van der Waals surface area contributed by atoms with Crippen LogP contribution in [0.1, 0.15) is 11.1 Å². The molecule has 0 spiro atoms. The molecule has 1 aromatic heterocycles. The number of benzene rings is 2.